The van der Waals surface area contributed by atoms with Gasteiger partial charge in [0.25, 0.3) is 0 Å². The van der Waals surface area contributed by atoms with Gasteiger partial charge < -0.3 is 4.74 Å². The molecule has 0 spiro atoms. The van der Waals surface area contributed by atoms with E-state index in [1.807, 2.05) is 0 Å². The van der Waals surface area contributed by atoms with Crippen molar-refractivity contribution in [2.24, 2.45) is 22.2 Å². The van der Waals surface area contributed by atoms with E-state index in [9.17, 15) is 0 Å². The average molecular weight is 196 g/mol. The van der Waals surface area contributed by atoms with Crippen LogP contribution in [-0.2, 0) is 4.74 Å². The maximum absolute atomic E-state index is 5.75. The molecule has 0 bridgehead atoms. The Bertz CT molecular complexity index is 242. The van der Waals surface area contributed by atoms with Gasteiger partial charge in [-0.15, -0.1) is 0 Å². The number of hydrogen-bond acceptors (Lipinski definition) is 1. The molecule has 14 heavy (non-hydrogen) atoms. The van der Waals surface area contributed by atoms with E-state index < -0.39 is 0 Å². The summed E-state index contributed by atoms with van der Waals surface area (Å²) < 4.78 is 5.75. The molecule has 1 aliphatic carbocycles. The summed E-state index contributed by atoms with van der Waals surface area (Å²) >= 11 is 0. The second kappa shape index (κ2) is 2.75. The zero-order chi connectivity index (χ0) is 10.6. The van der Waals surface area contributed by atoms with Crippen LogP contribution in [0.3, 0.4) is 0 Å². The maximum Gasteiger partial charge on any atom is 0.0535 e. The summed E-state index contributed by atoms with van der Waals surface area (Å²) in [5.41, 5.74) is 1.40. The van der Waals surface area contributed by atoms with Crippen molar-refractivity contribution in [1.82, 2.24) is 0 Å². The van der Waals surface area contributed by atoms with Crippen LogP contribution in [0.25, 0.3) is 0 Å². The second-order valence-corrected chi connectivity index (χ2v) is 6.32. The molecule has 0 aromatic rings. The highest BCUT2D eigenvalue weighted by Gasteiger charge is 2.76. The molecule has 1 heterocycles. The summed E-state index contributed by atoms with van der Waals surface area (Å²) in [5, 5.41) is 0. The van der Waals surface area contributed by atoms with Crippen LogP contribution in [0.4, 0.5) is 0 Å². The Morgan fingerprint density at radius 1 is 1.36 bits per heavy atom. The van der Waals surface area contributed by atoms with Crippen LogP contribution in [0.1, 0.15) is 47.5 Å². The number of ether oxygens (including phenoxy) is 1. The molecule has 1 heteroatoms. The molecule has 2 atom stereocenters. The maximum atomic E-state index is 5.75. The van der Waals surface area contributed by atoms with Crippen molar-refractivity contribution in [2.75, 3.05) is 13.2 Å². The molecule has 0 aromatic carbocycles. The highest BCUT2D eigenvalue weighted by atomic mass is 16.5. The Labute approximate surface area is 88.2 Å². The van der Waals surface area contributed by atoms with Crippen LogP contribution in [0.5, 0.6) is 0 Å². The topological polar surface area (TPSA) is 9.23 Å². The zero-order valence-electron chi connectivity index (χ0n) is 10.3. The van der Waals surface area contributed by atoms with Gasteiger partial charge in [-0.05, 0) is 23.2 Å². The predicted octanol–water partition coefficient (Wildman–Crippen LogP) is 3.49. The van der Waals surface area contributed by atoms with Gasteiger partial charge in [-0.2, -0.15) is 0 Å². The van der Waals surface area contributed by atoms with Crippen LogP contribution in [0, 0.1) is 22.2 Å². The molecular weight excluding hydrogens is 172 g/mol. The van der Waals surface area contributed by atoms with Gasteiger partial charge in [-0.3, -0.25) is 0 Å². The van der Waals surface area contributed by atoms with E-state index in [1.165, 1.54) is 12.8 Å². The van der Waals surface area contributed by atoms with Gasteiger partial charge in [0.05, 0.1) is 6.61 Å². The van der Waals surface area contributed by atoms with E-state index >= 15 is 0 Å². The molecule has 0 amide bonds. The third-order valence-corrected chi connectivity index (χ3v) is 5.50. The standard InChI is InChI=1S/C13H24O/c1-6-11(2,3)13-9-14-8-7-10(13)12(13,4)5/h10H,6-9H2,1-5H3. The van der Waals surface area contributed by atoms with Gasteiger partial charge >= 0.3 is 0 Å². The highest BCUT2D eigenvalue weighted by molar-refractivity contribution is 5.23. The van der Waals surface area contributed by atoms with Crippen LogP contribution in [0.2, 0.25) is 0 Å². The first-order valence-corrected chi connectivity index (χ1v) is 5.98. The van der Waals surface area contributed by atoms with Gasteiger partial charge in [0.1, 0.15) is 0 Å². The number of rotatable bonds is 2. The Balaban J connectivity index is 2.31. The van der Waals surface area contributed by atoms with Crippen molar-refractivity contribution in [3.05, 3.63) is 0 Å². The summed E-state index contributed by atoms with van der Waals surface area (Å²) in [5.74, 6) is 0.902. The quantitative estimate of drug-likeness (QED) is 0.657. The van der Waals surface area contributed by atoms with E-state index in [2.05, 4.69) is 34.6 Å². The molecule has 1 aliphatic heterocycles. The van der Waals surface area contributed by atoms with Crippen molar-refractivity contribution in [2.45, 2.75) is 47.5 Å². The minimum atomic E-state index is 0.432. The van der Waals surface area contributed by atoms with Gasteiger partial charge in [-0.1, -0.05) is 41.0 Å². The highest BCUT2D eigenvalue weighted by Crippen LogP contribution is 2.78. The summed E-state index contributed by atoms with van der Waals surface area (Å²) in [6.07, 6.45) is 2.53. The SMILES string of the molecule is CCC(C)(C)C12COCCC1C2(C)C. The van der Waals surface area contributed by atoms with Gasteiger partial charge in [0, 0.05) is 12.0 Å². The zero-order valence-corrected chi connectivity index (χ0v) is 10.3. The predicted molar refractivity (Wildman–Crippen MR) is 59.2 cm³/mol. The minimum Gasteiger partial charge on any atom is -0.381 e. The molecule has 1 nitrogen and oxygen atoms in total. The Kier molecular flexibility index (Phi) is 2.06. The largest absolute Gasteiger partial charge is 0.381 e. The molecule has 0 aromatic heterocycles. The lowest BCUT2D eigenvalue weighted by atomic mass is 9.69. The van der Waals surface area contributed by atoms with Gasteiger partial charge in [-0.25, -0.2) is 0 Å². The Morgan fingerprint density at radius 3 is 2.50 bits per heavy atom. The van der Waals surface area contributed by atoms with Crippen LogP contribution < -0.4 is 0 Å². The molecule has 1 saturated heterocycles. The fourth-order valence-electron chi connectivity index (χ4n) is 4.15. The van der Waals surface area contributed by atoms with E-state index in [0.29, 0.717) is 16.2 Å². The molecule has 0 radical (unpaired) electrons. The first-order valence-electron chi connectivity index (χ1n) is 5.98. The summed E-state index contributed by atoms with van der Waals surface area (Å²) in [4.78, 5) is 0. The molecule has 0 N–H and O–H groups in total. The number of hydrogen-bond donors (Lipinski definition) is 0. The van der Waals surface area contributed by atoms with E-state index in [-0.39, 0.29) is 0 Å². The molecule has 2 fully saturated rings. The lowest BCUT2D eigenvalue weighted by Crippen LogP contribution is -2.36. The van der Waals surface area contributed by atoms with E-state index in [0.717, 1.165) is 19.1 Å². The fourth-order valence-corrected chi connectivity index (χ4v) is 4.15. The molecule has 2 rings (SSSR count). The lowest BCUT2D eigenvalue weighted by molar-refractivity contribution is -0.0212. The summed E-state index contributed by atoms with van der Waals surface area (Å²) in [7, 11) is 0. The first-order chi connectivity index (χ1) is 6.40. The van der Waals surface area contributed by atoms with Crippen LogP contribution in [0.15, 0.2) is 0 Å². The van der Waals surface area contributed by atoms with E-state index in [4.69, 9.17) is 4.74 Å². The molecule has 82 valence electrons. The molecule has 2 unspecified atom stereocenters. The van der Waals surface area contributed by atoms with Crippen molar-refractivity contribution < 1.29 is 4.74 Å². The van der Waals surface area contributed by atoms with Crippen LogP contribution >= 0.6 is 0 Å². The van der Waals surface area contributed by atoms with Crippen LogP contribution in [-0.4, -0.2) is 13.2 Å². The van der Waals surface area contributed by atoms with Crippen molar-refractivity contribution in [3.63, 3.8) is 0 Å². The van der Waals surface area contributed by atoms with Crippen molar-refractivity contribution >= 4 is 0 Å². The average Bonchev–Trinajstić information content (AvgIpc) is 2.67. The van der Waals surface area contributed by atoms with Crippen molar-refractivity contribution in [3.8, 4) is 0 Å². The van der Waals surface area contributed by atoms with Crippen molar-refractivity contribution in [1.29, 1.82) is 0 Å². The van der Waals surface area contributed by atoms with Gasteiger partial charge in [0.15, 0.2) is 0 Å². The summed E-state index contributed by atoms with van der Waals surface area (Å²) in [6, 6.07) is 0. The summed E-state index contributed by atoms with van der Waals surface area (Å²) in [6.45, 7) is 14.0. The Morgan fingerprint density at radius 2 is 2.00 bits per heavy atom. The third kappa shape index (κ3) is 0.946. The molecule has 1 saturated carbocycles. The smallest absolute Gasteiger partial charge is 0.0535 e. The second-order valence-electron chi connectivity index (χ2n) is 6.32. The third-order valence-electron chi connectivity index (χ3n) is 5.50. The number of fused-ring (bicyclic) bond motifs is 1. The van der Waals surface area contributed by atoms with Gasteiger partial charge in [0.2, 0.25) is 0 Å². The monoisotopic (exact) mass is 196 g/mol. The lowest BCUT2D eigenvalue weighted by Gasteiger charge is -2.39. The van der Waals surface area contributed by atoms with E-state index in [1.54, 1.807) is 0 Å². The fraction of sp³-hybridized carbons (Fsp3) is 1.00. The molecular formula is C13H24O. The minimum absolute atomic E-state index is 0.432. The first kappa shape index (κ1) is 10.5. The Hall–Kier alpha value is -0.0400. The molecule has 2 aliphatic rings. The normalized spacial score (nSPS) is 40.5.